The third-order valence-corrected chi connectivity index (χ3v) is 3.68. The highest BCUT2D eigenvalue weighted by molar-refractivity contribution is 5.98. The molecule has 0 atom stereocenters. The zero-order valence-corrected chi connectivity index (χ0v) is 14.5. The third kappa shape index (κ3) is 5.10. The molecule has 0 spiro atoms. The van der Waals surface area contributed by atoms with Crippen molar-refractivity contribution < 1.29 is 27.1 Å². The van der Waals surface area contributed by atoms with Gasteiger partial charge in [0.1, 0.15) is 5.82 Å². The van der Waals surface area contributed by atoms with Gasteiger partial charge in [-0.05, 0) is 38.3 Å². The fraction of sp³-hybridized carbons (Fsp3) is 0.571. The molecule has 1 rings (SSSR count). The van der Waals surface area contributed by atoms with Gasteiger partial charge < -0.3 is 13.9 Å². The molecule has 0 fully saturated rings. The minimum absolute atomic E-state index is 0.129. The number of hydrogen-bond donors (Lipinski definition) is 0. The molecular weight excluding hydrogens is 301 g/mol. The predicted molar refractivity (Wildman–Crippen MR) is 76.3 cm³/mol. The quantitative estimate of drug-likeness (QED) is 0.397. The zero-order valence-electron chi connectivity index (χ0n) is 12.5. The Morgan fingerprint density at radius 1 is 1.00 bits per heavy atom. The van der Waals surface area contributed by atoms with E-state index in [9.17, 15) is 13.2 Å². The molecule has 0 aliphatic rings. The molecule has 0 heterocycles. The van der Waals surface area contributed by atoms with Gasteiger partial charge in [-0.2, -0.15) is 0 Å². The minimum Gasteiger partial charge on any atom is -0.380 e. The lowest BCUT2D eigenvalue weighted by Gasteiger charge is -2.31. The highest BCUT2D eigenvalue weighted by Gasteiger charge is 2.30. The van der Waals surface area contributed by atoms with E-state index in [0.717, 1.165) is 6.07 Å². The van der Waals surface area contributed by atoms with E-state index in [0.29, 0.717) is 42.6 Å². The van der Waals surface area contributed by atoms with Gasteiger partial charge in [0.05, 0.1) is 0 Å². The van der Waals surface area contributed by atoms with Crippen LogP contribution in [0, 0.1) is 17.5 Å². The summed E-state index contributed by atoms with van der Waals surface area (Å²) >= 11 is 0. The summed E-state index contributed by atoms with van der Waals surface area (Å²) in [6.07, 6.45) is 1.09. The summed E-state index contributed by atoms with van der Waals surface area (Å²) in [5, 5.41) is 0. The van der Waals surface area contributed by atoms with Crippen molar-refractivity contribution in [2.75, 3.05) is 13.2 Å². The molecule has 0 aliphatic carbocycles. The van der Waals surface area contributed by atoms with Crippen molar-refractivity contribution in [2.45, 2.75) is 39.1 Å². The number of hydrogen-bond acceptors (Lipinski definition) is 3. The Hall–Kier alpha value is -0.893. The lowest BCUT2D eigenvalue weighted by atomic mass is 10.1. The molecule has 0 amide bonds. The molecule has 1 aromatic rings. The van der Waals surface area contributed by atoms with Crippen molar-refractivity contribution in [1.82, 2.24) is 0 Å². The maximum Gasteiger partial charge on any atom is 0.272 e. The third-order valence-electron chi connectivity index (χ3n) is 3.06. The average molecular weight is 322 g/mol. The van der Waals surface area contributed by atoms with Crippen LogP contribution in [0.5, 0.6) is 0 Å². The Kier molecular flexibility index (Phi) is 7.37. The smallest absolute Gasteiger partial charge is 0.272 e. The summed E-state index contributed by atoms with van der Waals surface area (Å²) in [6.45, 7) is 4.48. The van der Waals surface area contributed by atoms with Gasteiger partial charge in [0.15, 0.2) is 22.1 Å². The van der Waals surface area contributed by atoms with Crippen LogP contribution in [-0.4, -0.2) is 29.7 Å². The first-order chi connectivity index (χ1) is 9.98. The first kappa shape index (κ1) is 18.2. The normalized spacial score (nSPS) is 12.0. The second-order valence-electron chi connectivity index (χ2n) is 4.46. The SMILES string of the molecule is CCOC(CCCc1cc(F)c(F)cc1F)(O[SiH3])OCC. The number of halogens is 3. The largest absolute Gasteiger partial charge is 0.380 e. The molecule has 7 heteroatoms. The first-order valence-electron chi connectivity index (χ1n) is 6.94. The number of rotatable bonds is 9. The van der Waals surface area contributed by atoms with Crippen molar-refractivity contribution >= 4 is 10.5 Å². The molecule has 1 aromatic carbocycles. The highest BCUT2D eigenvalue weighted by Crippen LogP contribution is 2.23. The van der Waals surface area contributed by atoms with Gasteiger partial charge in [-0.3, -0.25) is 0 Å². The molecule has 0 aromatic heterocycles. The molecule has 3 nitrogen and oxygen atoms in total. The van der Waals surface area contributed by atoms with Crippen LogP contribution in [0.25, 0.3) is 0 Å². The van der Waals surface area contributed by atoms with Gasteiger partial charge in [-0.25, -0.2) is 13.2 Å². The van der Waals surface area contributed by atoms with Crippen LogP contribution in [0.15, 0.2) is 12.1 Å². The van der Waals surface area contributed by atoms with E-state index in [1.165, 1.54) is 0 Å². The van der Waals surface area contributed by atoms with E-state index in [-0.39, 0.29) is 12.0 Å². The van der Waals surface area contributed by atoms with Crippen LogP contribution in [0.2, 0.25) is 0 Å². The fourth-order valence-electron chi connectivity index (χ4n) is 2.10. The first-order valence-corrected chi connectivity index (χ1v) is 7.76. The van der Waals surface area contributed by atoms with Crippen molar-refractivity contribution in [3.8, 4) is 0 Å². The molecule has 0 N–H and O–H groups in total. The van der Waals surface area contributed by atoms with E-state index >= 15 is 0 Å². The Bertz CT molecular complexity index is 451. The summed E-state index contributed by atoms with van der Waals surface area (Å²) in [4.78, 5) is 0. The molecule has 120 valence electrons. The summed E-state index contributed by atoms with van der Waals surface area (Å²) in [7, 11) is 0.423. The molecule has 0 saturated heterocycles. The molecule has 0 saturated carbocycles. The van der Waals surface area contributed by atoms with Gasteiger partial charge in [-0.15, -0.1) is 0 Å². The Morgan fingerprint density at radius 3 is 2.10 bits per heavy atom. The van der Waals surface area contributed by atoms with Crippen LogP contribution < -0.4 is 0 Å². The van der Waals surface area contributed by atoms with Crippen molar-refractivity contribution in [3.05, 3.63) is 35.1 Å². The zero-order chi connectivity index (χ0) is 15.9. The van der Waals surface area contributed by atoms with Gasteiger partial charge in [0.25, 0.3) is 5.97 Å². The van der Waals surface area contributed by atoms with E-state index in [4.69, 9.17) is 13.9 Å². The maximum absolute atomic E-state index is 13.5. The lowest BCUT2D eigenvalue weighted by molar-refractivity contribution is -0.343. The van der Waals surface area contributed by atoms with Crippen molar-refractivity contribution in [1.29, 1.82) is 0 Å². The average Bonchev–Trinajstić information content (AvgIpc) is 2.44. The Balaban J connectivity index is 2.67. The topological polar surface area (TPSA) is 27.7 Å². The second-order valence-corrected chi connectivity index (χ2v) is 4.87. The standard InChI is InChI=1S/C14H21F3O3Si/c1-3-18-14(20-21,19-4-2)7-5-6-10-8-12(16)13(17)9-11(10)15/h8-9H,3-7H2,1-2,21H3. The summed E-state index contributed by atoms with van der Waals surface area (Å²) in [6, 6.07) is 1.45. The summed E-state index contributed by atoms with van der Waals surface area (Å²) in [5.41, 5.74) is 0.129. The fourth-order valence-corrected chi connectivity index (χ4v) is 2.54. The Labute approximate surface area is 125 Å². The molecule has 21 heavy (non-hydrogen) atoms. The van der Waals surface area contributed by atoms with Crippen LogP contribution in [0.3, 0.4) is 0 Å². The number of aryl methyl sites for hydroxylation is 1. The maximum atomic E-state index is 13.5. The van der Waals surface area contributed by atoms with Crippen LogP contribution >= 0.6 is 0 Å². The van der Waals surface area contributed by atoms with Crippen LogP contribution in [0.4, 0.5) is 13.2 Å². The molecular formula is C14H21F3O3Si. The van der Waals surface area contributed by atoms with Gasteiger partial charge >= 0.3 is 0 Å². The van der Waals surface area contributed by atoms with Crippen LogP contribution in [-0.2, 0) is 20.3 Å². The molecule has 0 aliphatic heterocycles. The van der Waals surface area contributed by atoms with E-state index in [1.54, 1.807) is 0 Å². The van der Waals surface area contributed by atoms with E-state index < -0.39 is 23.4 Å². The minimum atomic E-state index is -1.18. The molecule has 0 bridgehead atoms. The number of benzene rings is 1. The van der Waals surface area contributed by atoms with Gasteiger partial charge in [0.2, 0.25) is 0 Å². The van der Waals surface area contributed by atoms with E-state index in [1.807, 2.05) is 13.8 Å². The van der Waals surface area contributed by atoms with Crippen molar-refractivity contribution in [3.63, 3.8) is 0 Å². The molecule has 0 unspecified atom stereocenters. The Morgan fingerprint density at radius 2 is 1.57 bits per heavy atom. The van der Waals surface area contributed by atoms with E-state index in [2.05, 4.69) is 0 Å². The van der Waals surface area contributed by atoms with Gasteiger partial charge in [-0.1, -0.05) is 0 Å². The summed E-state index contributed by atoms with van der Waals surface area (Å²) < 4.78 is 55.9. The van der Waals surface area contributed by atoms with Gasteiger partial charge in [0, 0.05) is 25.7 Å². The molecule has 0 radical (unpaired) electrons. The van der Waals surface area contributed by atoms with Crippen molar-refractivity contribution in [2.24, 2.45) is 0 Å². The predicted octanol–water partition coefficient (Wildman–Crippen LogP) is 2.45. The second kappa shape index (κ2) is 8.53. The summed E-state index contributed by atoms with van der Waals surface area (Å²) in [5.74, 6) is -4.10. The highest BCUT2D eigenvalue weighted by atomic mass is 28.2. The number of ether oxygens (including phenoxy) is 2. The van der Waals surface area contributed by atoms with Crippen LogP contribution in [0.1, 0.15) is 32.3 Å². The monoisotopic (exact) mass is 322 g/mol. The lowest BCUT2D eigenvalue weighted by Crippen LogP contribution is -2.39.